The number of anilines is 2. The molecule has 1 aliphatic carbocycles. The van der Waals surface area contributed by atoms with Gasteiger partial charge in [0.1, 0.15) is 18.8 Å². The molecular formula is C27H31F4N5O6. The molecule has 4 rings (SSSR count). The molecule has 2 aliphatic rings. The number of halogens is 4. The van der Waals surface area contributed by atoms with E-state index >= 15 is 0 Å². The lowest BCUT2D eigenvalue weighted by Gasteiger charge is -2.34. The lowest BCUT2D eigenvalue weighted by Crippen LogP contribution is -2.44. The van der Waals surface area contributed by atoms with E-state index in [4.69, 9.17) is 4.74 Å². The number of ether oxygens (including phenoxy) is 1. The van der Waals surface area contributed by atoms with Crippen LogP contribution < -0.4 is 10.6 Å². The summed E-state index contributed by atoms with van der Waals surface area (Å²) in [5.41, 5.74) is -1.82. The fourth-order valence-electron chi connectivity index (χ4n) is 5.37. The lowest BCUT2D eigenvalue weighted by atomic mass is 9.92. The molecule has 2 aromatic rings. The number of alkyl halides is 4. The molecule has 1 amide bonds. The Bertz CT molecular complexity index is 1290. The summed E-state index contributed by atoms with van der Waals surface area (Å²) in [5.74, 6) is -0.173. The van der Waals surface area contributed by atoms with Crippen molar-refractivity contribution in [1.82, 2.24) is 4.90 Å². The summed E-state index contributed by atoms with van der Waals surface area (Å²) >= 11 is 0. The number of nitrogens with one attached hydrogen (secondary N) is 2. The van der Waals surface area contributed by atoms with E-state index in [1.165, 1.54) is 18.2 Å². The van der Waals surface area contributed by atoms with Gasteiger partial charge in [-0.15, -0.1) is 0 Å². The van der Waals surface area contributed by atoms with Crippen molar-refractivity contribution in [2.24, 2.45) is 0 Å². The topological polar surface area (TPSA) is 140 Å². The van der Waals surface area contributed by atoms with E-state index in [9.17, 15) is 42.6 Å². The molecule has 11 nitrogen and oxygen atoms in total. The standard InChI is InChI=1S/C27H31F4N5O6/c28-15-17-13-20(3-7-24(17)35(38)39)32-18-1-5-22(6-2-18)42-16-26(37)34-11-9-19(10-12-34)33-21-4-8-25(36(40)41)23(14-21)27(29,30)31/h3-4,7-8,13-14,18-19,22,32-33H,1-2,5-6,9-12,15-16H2/t18-,22-. The summed E-state index contributed by atoms with van der Waals surface area (Å²) in [6.07, 6.45) is -1.08. The van der Waals surface area contributed by atoms with Crippen LogP contribution in [0.25, 0.3) is 0 Å². The highest BCUT2D eigenvalue weighted by Gasteiger charge is 2.38. The molecule has 2 fully saturated rings. The fourth-order valence-corrected chi connectivity index (χ4v) is 5.37. The molecule has 228 valence electrons. The van der Waals surface area contributed by atoms with Crippen LogP contribution in [-0.2, 0) is 22.4 Å². The molecular weight excluding hydrogens is 566 g/mol. The fraction of sp³-hybridized carbons (Fsp3) is 0.519. The molecule has 0 radical (unpaired) electrons. The largest absolute Gasteiger partial charge is 0.423 e. The van der Waals surface area contributed by atoms with Crippen molar-refractivity contribution in [2.75, 3.05) is 30.3 Å². The Hall–Kier alpha value is -4.01. The second kappa shape index (κ2) is 13.3. The average molecular weight is 598 g/mol. The summed E-state index contributed by atoms with van der Waals surface area (Å²) < 4.78 is 58.8. The molecule has 2 N–H and O–H groups in total. The van der Waals surface area contributed by atoms with Gasteiger partial charge in [0.05, 0.1) is 21.5 Å². The lowest BCUT2D eigenvalue weighted by molar-refractivity contribution is -0.388. The first-order valence-corrected chi connectivity index (χ1v) is 13.6. The van der Waals surface area contributed by atoms with Gasteiger partial charge in [-0.25, -0.2) is 4.39 Å². The number of benzene rings is 2. The molecule has 0 spiro atoms. The maximum absolute atomic E-state index is 13.3. The molecule has 0 unspecified atom stereocenters. The number of nitro benzene ring substituents is 2. The van der Waals surface area contributed by atoms with Gasteiger partial charge in [-0.1, -0.05) is 0 Å². The first-order valence-electron chi connectivity index (χ1n) is 13.6. The number of hydrogen-bond acceptors (Lipinski definition) is 8. The molecule has 0 atom stereocenters. The highest BCUT2D eigenvalue weighted by molar-refractivity contribution is 5.77. The second-order valence-electron chi connectivity index (χ2n) is 10.4. The minimum Gasteiger partial charge on any atom is -0.382 e. The third kappa shape index (κ3) is 7.84. The maximum Gasteiger partial charge on any atom is 0.423 e. The monoisotopic (exact) mass is 597 g/mol. The van der Waals surface area contributed by atoms with Gasteiger partial charge in [0, 0.05) is 48.7 Å². The van der Waals surface area contributed by atoms with Crippen LogP contribution in [0.15, 0.2) is 36.4 Å². The number of amides is 1. The summed E-state index contributed by atoms with van der Waals surface area (Å²) in [7, 11) is 0. The highest BCUT2D eigenvalue weighted by atomic mass is 19.4. The minimum atomic E-state index is -4.86. The number of nitro groups is 2. The number of carbonyl (C=O) groups excluding carboxylic acids is 1. The van der Waals surface area contributed by atoms with Gasteiger partial charge < -0.3 is 20.3 Å². The normalized spacial score (nSPS) is 19.8. The Kier molecular flexibility index (Phi) is 9.81. The van der Waals surface area contributed by atoms with Gasteiger partial charge in [0.25, 0.3) is 11.4 Å². The van der Waals surface area contributed by atoms with Crippen LogP contribution in [0, 0.1) is 20.2 Å². The van der Waals surface area contributed by atoms with Crippen molar-refractivity contribution in [3.8, 4) is 0 Å². The zero-order valence-corrected chi connectivity index (χ0v) is 22.6. The molecule has 1 saturated carbocycles. The summed E-state index contributed by atoms with van der Waals surface area (Å²) in [6.45, 7) is -0.227. The zero-order chi connectivity index (χ0) is 30.4. The van der Waals surface area contributed by atoms with Crippen LogP contribution in [0.4, 0.5) is 40.3 Å². The van der Waals surface area contributed by atoms with Gasteiger partial charge in [-0.2, -0.15) is 13.2 Å². The Morgan fingerprint density at radius 3 is 1.98 bits per heavy atom. The number of likely N-dealkylation sites (tertiary alicyclic amines) is 1. The Labute approximate surface area is 238 Å². The van der Waals surface area contributed by atoms with E-state index < -0.39 is 33.9 Å². The molecule has 0 aromatic heterocycles. The van der Waals surface area contributed by atoms with E-state index in [2.05, 4.69) is 10.6 Å². The van der Waals surface area contributed by atoms with Gasteiger partial charge in [-0.3, -0.25) is 25.0 Å². The molecule has 2 aromatic carbocycles. The summed E-state index contributed by atoms with van der Waals surface area (Å²) in [5, 5.41) is 28.2. The van der Waals surface area contributed by atoms with Crippen molar-refractivity contribution in [3.63, 3.8) is 0 Å². The zero-order valence-electron chi connectivity index (χ0n) is 22.6. The van der Waals surface area contributed by atoms with Gasteiger partial charge in [0.15, 0.2) is 0 Å². The predicted octanol–water partition coefficient (Wildman–Crippen LogP) is 5.83. The van der Waals surface area contributed by atoms with Crippen LogP contribution in [-0.4, -0.2) is 58.5 Å². The number of nitrogens with zero attached hydrogens (tertiary/aromatic N) is 3. The Morgan fingerprint density at radius 1 is 0.881 bits per heavy atom. The SMILES string of the molecule is O=C(CO[C@H]1CC[C@H](Nc2ccc([N+](=O)[O-])c(CF)c2)CC1)N1CCC(Nc2ccc([N+](=O)[O-])c(C(F)(F)F)c2)CC1. The van der Waals surface area contributed by atoms with Crippen LogP contribution in [0.2, 0.25) is 0 Å². The Morgan fingerprint density at radius 2 is 1.43 bits per heavy atom. The van der Waals surface area contributed by atoms with E-state index in [1.807, 2.05) is 0 Å². The average Bonchev–Trinajstić information content (AvgIpc) is 2.96. The smallest absolute Gasteiger partial charge is 0.382 e. The third-order valence-electron chi connectivity index (χ3n) is 7.62. The van der Waals surface area contributed by atoms with Crippen molar-refractivity contribution in [2.45, 2.75) is 69.6 Å². The quantitative estimate of drug-likeness (QED) is 0.198. The van der Waals surface area contributed by atoms with Crippen molar-refractivity contribution in [3.05, 3.63) is 67.8 Å². The first kappa shape index (κ1) is 30.9. The number of carbonyl (C=O) groups is 1. The molecule has 42 heavy (non-hydrogen) atoms. The number of piperidine rings is 1. The van der Waals surface area contributed by atoms with E-state index in [0.717, 1.165) is 25.0 Å². The molecule has 1 heterocycles. The van der Waals surface area contributed by atoms with Crippen molar-refractivity contribution in [1.29, 1.82) is 0 Å². The van der Waals surface area contributed by atoms with Crippen LogP contribution >= 0.6 is 0 Å². The second-order valence-corrected chi connectivity index (χ2v) is 10.4. The van der Waals surface area contributed by atoms with Crippen molar-refractivity contribution < 1.29 is 36.9 Å². The third-order valence-corrected chi connectivity index (χ3v) is 7.62. The molecule has 1 saturated heterocycles. The minimum absolute atomic E-state index is 0.0160. The van der Waals surface area contributed by atoms with E-state index in [0.29, 0.717) is 44.5 Å². The van der Waals surface area contributed by atoms with Gasteiger partial charge >= 0.3 is 6.18 Å². The Balaban J connectivity index is 1.18. The predicted molar refractivity (Wildman–Crippen MR) is 145 cm³/mol. The molecule has 1 aliphatic heterocycles. The number of rotatable bonds is 10. The first-order chi connectivity index (χ1) is 19.9. The van der Waals surface area contributed by atoms with Gasteiger partial charge in [-0.05, 0) is 62.8 Å². The van der Waals surface area contributed by atoms with Crippen LogP contribution in [0.3, 0.4) is 0 Å². The molecule has 15 heteroatoms. The van der Waals surface area contributed by atoms with Crippen molar-refractivity contribution >= 4 is 28.7 Å². The number of hydrogen-bond donors (Lipinski definition) is 2. The summed E-state index contributed by atoms with van der Waals surface area (Å²) in [4.78, 5) is 34.6. The maximum atomic E-state index is 13.3. The highest BCUT2D eigenvalue weighted by Crippen LogP contribution is 2.38. The van der Waals surface area contributed by atoms with E-state index in [-0.39, 0.29) is 47.6 Å². The summed E-state index contributed by atoms with van der Waals surface area (Å²) in [6, 6.07) is 7.00. The van der Waals surface area contributed by atoms with Gasteiger partial charge in [0.2, 0.25) is 5.91 Å². The molecule has 0 bridgehead atoms. The van der Waals surface area contributed by atoms with Crippen LogP contribution in [0.5, 0.6) is 0 Å². The van der Waals surface area contributed by atoms with Crippen LogP contribution in [0.1, 0.15) is 49.7 Å². The van der Waals surface area contributed by atoms with E-state index in [1.54, 1.807) is 11.0 Å².